The summed E-state index contributed by atoms with van der Waals surface area (Å²) in [5, 5.41) is 18.0. The van der Waals surface area contributed by atoms with Crippen LogP contribution in [0.3, 0.4) is 0 Å². The Morgan fingerprint density at radius 2 is 2.07 bits per heavy atom. The standard InChI is InChI=1S/C19H20N8O2S/c1-21-27-7-4-13(11-27)18(29)24-10-17(28)26-19-25-16(12-30-19)14(8-20)9-23-15-2-5-22-6-3-15/h2-9,11-12,20-21H,10H2,1H3,(H,22,23)(H,24,29)(H,25,26,28)/b14-9+,20-8?. The molecule has 0 saturated carbocycles. The fourth-order valence-electron chi connectivity index (χ4n) is 2.36. The first-order valence-electron chi connectivity index (χ1n) is 8.86. The molecule has 0 aliphatic carbocycles. The predicted octanol–water partition coefficient (Wildman–Crippen LogP) is 1.98. The zero-order chi connectivity index (χ0) is 21.3. The third-order valence-electron chi connectivity index (χ3n) is 3.90. The number of hydrogen-bond donors (Lipinski definition) is 5. The van der Waals surface area contributed by atoms with Crippen molar-refractivity contribution in [3.8, 4) is 0 Å². The number of nitrogens with one attached hydrogen (secondary N) is 5. The van der Waals surface area contributed by atoms with Gasteiger partial charge in [-0.2, -0.15) is 0 Å². The van der Waals surface area contributed by atoms with Crippen molar-refractivity contribution < 1.29 is 9.59 Å². The van der Waals surface area contributed by atoms with Gasteiger partial charge in [0.15, 0.2) is 5.13 Å². The van der Waals surface area contributed by atoms with Crippen molar-refractivity contribution in [1.82, 2.24) is 20.0 Å². The predicted molar refractivity (Wildman–Crippen MR) is 117 cm³/mol. The number of carbonyl (C=O) groups excluding carboxylic acids is 2. The second-order valence-corrected chi connectivity index (χ2v) is 6.78. The first-order chi connectivity index (χ1) is 14.6. The summed E-state index contributed by atoms with van der Waals surface area (Å²) in [4.78, 5) is 32.4. The Morgan fingerprint density at radius 3 is 2.77 bits per heavy atom. The number of anilines is 2. The van der Waals surface area contributed by atoms with E-state index in [1.54, 1.807) is 66.3 Å². The molecule has 0 saturated heterocycles. The van der Waals surface area contributed by atoms with E-state index in [0.29, 0.717) is 22.0 Å². The molecule has 0 bridgehead atoms. The molecule has 10 nitrogen and oxygen atoms in total. The lowest BCUT2D eigenvalue weighted by Crippen LogP contribution is -2.32. The summed E-state index contributed by atoms with van der Waals surface area (Å²) in [6.45, 7) is -0.185. The number of pyridine rings is 1. The highest BCUT2D eigenvalue weighted by Crippen LogP contribution is 2.21. The molecule has 0 unspecified atom stereocenters. The van der Waals surface area contributed by atoms with Crippen LogP contribution in [0.4, 0.5) is 10.8 Å². The molecule has 0 atom stereocenters. The van der Waals surface area contributed by atoms with Crippen LogP contribution in [0.5, 0.6) is 0 Å². The van der Waals surface area contributed by atoms with E-state index < -0.39 is 5.91 Å². The van der Waals surface area contributed by atoms with Gasteiger partial charge in [-0.3, -0.25) is 19.2 Å². The lowest BCUT2D eigenvalue weighted by atomic mass is 10.2. The minimum absolute atomic E-state index is 0.185. The van der Waals surface area contributed by atoms with Gasteiger partial charge in [0, 0.05) is 60.9 Å². The Morgan fingerprint density at radius 1 is 1.27 bits per heavy atom. The maximum Gasteiger partial charge on any atom is 0.253 e. The van der Waals surface area contributed by atoms with Gasteiger partial charge < -0.3 is 26.8 Å². The fourth-order valence-corrected chi connectivity index (χ4v) is 3.09. The average Bonchev–Trinajstić information content (AvgIpc) is 3.43. The molecule has 5 N–H and O–H groups in total. The summed E-state index contributed by atoms with van der Waals surface area (Å²) in [5.74, 6) is -0.747. The molecule has 2 amide bonds. The summed E-state index contributed by atoms with van der Waals surface area (Å²) in [5.41, 5.74) is 5.22. The maximum atomic E-state index is 12.1. The van der Waals surface area contributed by atoms with E-state index in [2.05, 4.69) is 31.3 Å². The molecule has 3 aromatic heterocycles. The molecular formula is C19H20N8O2S. The number of nitrogens with zero attached hydrogens (tertiary/aromatic N) is 3. The first kappa shape index (κ1) is 20.7. The second-order valence-electron chi connectivity index (χ2n) is 5.92. The van der Waals surface area contributed by atoms with E-state index in [-0.39, 0.29) is 12.5 Å². The number of aromatic nitrogens is 3. The van der Waals surface area contributed by atoms with Crippen molar-refractivity contribution >= 4 is 45.8 Å². The molecule has 11 heteroatoms. The lowest BCUT2D eigenvalue weighted by molar-refractivity contribution is -0.115. The van der Waals surface area contributed by atoms with Crippen molar-refractivity contribution in [2.75, 3.05) is 29.7 Å². The van der Waals surface area contributed by atoms with Crippen molar-refractivity contribution in [2.24, 2.45) is 0 Å². The van der Waals surface area contributed by atoms with E-state index in [1.807, 2.05) is 0 Å². The Hall–Kier alpha value is -3.99. The van der Waals surface area contributed by atoms with Crippen molar-refractivity contribution in [1.29, 1.82) is 5.41 Å². The molecule has 0 radical (unpaired) electrons. The molecule has 0 aromatic carbocycles. The van der Waals surface area contributed by atoms with Gasteiger partial charge in [-0.25, -0.2) is 4.98 Å². The lowest BCUT2D eigenvalue weighted by Gasteiger charge is -2.04. The Kier molecular flexibility index (Phi) is 6.90. The SMILES string of the molecule is CNn1ccc(C(=O)NCC(=O)Nc2nc(/C(C=N)=C/Nc3ccncc3)cs2)c1. The van der Waals surface area contributed by atoms with Gasteiger partial charge in [-0.1, -0.05) is 0 Å². The highest BCUT2D eigenvalue weighted by molar-refractivity contribution is 7.14. The molecule has 0 fully saturated rings. The molecule has 0 spiro atoms. The van der Waals surface area contributed by atoms with Crippen molar-refractivity contribution in [2.45, 2.75) is 0 Å². The number of allylic oxidation sites excluding steroid dienone is 1. The number of thiazole rings is 1. The second kappa shape index (κ2) is 9.98. The van der Waals surface area contributed by atoms with Crippen LogP contribution in [0.2, 0.25) is 0 Å². The summed E-state index contributed by atoms with van der Waals surface area (Å²) in [7, 11) is 1.73. The van der Waals surface area contributed by atoms with Crippen LogP contribution in [0, 0.1) is 5.41 Å². The molecule has 154 valence electrons. The Bertz CT molecular complexity index is 1060. The van der Waals surface area contributed by atoms with E-state index in [1.165, 1.54) is 17.6 Å². The minimum Gasteiger partial charge on any atom is -0.361 e. The molecule has 30 heavy (non-hydrogen) atoms. The molecule has 3 heterocycles. The van der Waals surface area contributed by atoms with Crippen LogP contribution in [-0.4, -0.2) is 46.3 Å². The quantitative estimate of drug-likeness (QED) is 0.333. The fraction of sp³-hybridized carbons (Fsp3) is 0.105. The van der Waals surface area contributed by atoms with Gasteiger partial charge in [0.05, 0.1) is 17.8 Å². The van der Waals surface area contributed by atoms with Gasteiger partial charge in [0.1, 0.15) is 0 Å². The largest absolute Gasteiger partial charge is 0.361 e. The monoisotopic (exact) mass is 424 g/mol. The van der Waals surface area contributed by atoms with E-state index in [9.17, 15) is 9.59 Å². The van der Waals surface area contributed by atoms with Crippen LogP contribution in [0.25, 0.3) is 5.57 Å². The first-order valence-corrected chi connectivity index (χ1v) is 9.74. The topological polar surface area (TPSA) is 137 Å². The Balaban J connectivity index is 1.54. The highest BCUT2D eigenvalue weighted by Gasteiger charge is 2.12. The number of hydrogen-bond acceptors (Lipinski definition) is 8. The minimum atomic E-state index is -0.396. The van der Waals surface area contributed by atoms with E-state index in [0.717, 1.165) is 5.69 Å². The van der Waals surface area contributed by atoms with Gasteiger partial charge in [0.25, 0.3) is 5.91 Å². The average molecular weight is 424 g/mol. The third-order valence-corrected chi connectivity index (χ3v) is 4.66. The van der Waals surface area contributed by atoms with Crippen LogP contribution in [0.15, 0.2) is 54.6 Å². The highest BCUT2D eigenvalue weighted by atomic mass is 32.1. The summed E-state index contributed by atoms with van der Waals surface area (Å²) in [6, 6.07) is 5.24. The number of rotatable bonds is 9. The van der Waals surface area contributed by atoms with Crippen molar-refractivity contribution in [3.05, 3.63) is 65.8 Å². The number of amides is 2. The van der Waals surface area contributed by atoms with Crippen molar-refractivity contribution in [3.63, 3.8) is 0 Å². The Labute approximate surface area is 176 Å². The van der Waals surface area contributed by atoms with Crippen LogP contribution in [-0.2, 0) is 4.79 Å². The smallest absolute Gasteiger partial charge is 0.253 e. The molecule has 0 aliphatic rings. The zero-order valence-electron chi connectivity index (χ0n) is 16.0. The molecular weight excluding hydrogens is 404 g/mol. The maximum absolute atomic E-state index is 12.1. The van der Waals surface area contributed by atoms with Gasteiger partial charge in [-0.15, -0.1) is 11.3 Å². The van der Waals surface area contributed by atoms with Gasteiger partial charge in [-0.05, 0) is 18.2 Å². The summed E-state index contributed by atoms with van der Waals surface area (Å²) in [6.07, 6.45) is 9.46. The molecule has 3 rings (SSSR count). The van der Waals surface area contributed by atoms with Crippen LogP contribution in [0.1, 0.15) is 16.1 Å². The zero-order valence-corrected chi connectivity index (χ0v) is 16.9. The number of carbonyl (C=O) groups is 2. The van der Waals surface area contributed by atoms with Gasteiger partial charge >= 0.3 is 0 Å². The van der Waals surface area contributed by atoms with E-state index in [4.69, 9.17) is 5.41 Å². The molecule has 0 aliphatic heterocycles. The van der Waals surface area contributed by atoms with Gasteiger partial charge in [0.2, 0.25) is 5.91 Å². The van der Waals surface area contributed by atoms with E-state index >= 15 is 0 Å². The normalized spacial score (nSPS) is 10.9. The van der Waals surface area contributed by atoms with Crippen LogP contribution >= 0.6 is 11.3 Å². The van der Waals surface area contributed by atoms with Crippen LogP contribution < -0.4 is 21.4 Å². The molecule has 3 aromatic rings. The summed E-state index contributed by atoms with van der Waals surface area (Å²) < 4.78 is 1.63. The third kappa shape index (κ3) is 5.52. The summed E-state index contributed by atoms with van der Waals surface area (Å²) >= 11 is 1.23.